The number of benzene rings is 2. The summed E-state index contributed by atoms with van der Waals surface area (Å²) in [7, 11) is 1.55. The van der Waals surface area contributed by atoms with Gasteiger partial charge in [0.25, 0.3) is 0 Å². The van der Waals surface area contributed by atoms with Crippen LogP contribution in [0.3, 0.4) is 0 Å². The molecule has 0 spiro atoms. The summed E-state index contributed by atoms with van der Waals surface area (Å²) in [6, 6.07) is 8.36. The molecule has 0 bridgehead atoms. The third-order valence-electron chi connectivity index (χ3n) is 8.42. The average molecular weight is 619 g/mol. The molecule has 12 heteroatoms. The van der Waals surface area contributed by atoms with Gasteiger partial charge in [-0.25, -0.2) is 4.79 Å². The van der Waals surface area contributed by atoms with Crippen LogP contribution in [0, 0.1) is 11.8 Å². The number of anilines is 2. The van der Waals surface area contributed by atoms with Gasteiger partial charge in [0, 0.05) is 42.4 Å². The molecule has 4 amide bonds. The van der Waals surface area contributed by atoms with Crippen molar-refractivity contribution in [3.63, 3.8) is 0 Å². The van der Waals surface area contributed by atoms with E-state index >= 15 is 0 Å². The number of nitrogens with one attached hydrogen (secondary N) is 2. The molecule has 3 atom stereocenters. The fraction of sp³-hybridized carbons (Fsp3) is 0.531. The van der Waals surface area contributed by atoms with Crippen molar-refractivity contribution < 1.29 is 37.4 Å². The van der Waals surface area contributed by atoms with Gasteiger partial charge >= 0.3 is 12.2 Å². The summed E-state index contributed by atoms with van der Waals surface area (Å²) in [6.45, 7) is 3.77. The van der Waals surface area contributed by atoms with Gasteiger partial charge in [0.2, 0.25) is 11.8 Å². The molecule has 1 aliphatic heterocycles. The number of fused-ring (bicyclic) bond motifs is 1. The molecule has 4 rings (SSSR count). The summed E-state index contributed by atoms with van der Waals surface area (Å²) in [4.78, 5) is 42.3. The summed E-state index contributed by atoms with van der Waals surface area (Å²) >= 11 is 0. The second-order valence-electron chi connectivity index (χ2n) is 11.9. The standard InChI is InChI=1S/C32H41F3N4O5/c1-20-17-39(21(2)19-40)29(41)16-23-15-26(36-30(42)22-7-5-4-6-8-22)13-14-27(23)44-28(20)18-38(3)31(43)37-25-11-9-24(10-12-25)32(33,34)35/h9-15,20-22,28,40H,4-8,16-19H2,1-3H3,(H,36,42)(H,37,43)/t20-,21+,28+/m1/s1. The molecule has 0 saturated heterocycles. The van der Waals surface area contributed by atoms with Crippen LogP contribution in [-0.2, 0) is 22.2 Å². The van der Waals surface area contributed by atoms with E-state index in [4.69, 9.17) is 4.74 Å². The second kappa shape index (κ2) is 14.3. The monoisotopic (exact) mass is 618 g/mol. The van der Waals surface area contributed by atoms with Gasteiger partial charge < -0.3 is 30.3 Å². The highest BCUT2D eigenvalue weighted by Gasteiger charge is 2.33. The first-order valence-electron chi connectivity index (χ1n) is 15.1. The van der Waals surface area contributed by atoms with Crippen molar-refractivity contribution in [1.82, 2.24) is 9.80 Å². The highest BCUT2D eigenvalue weighted by atomic mass is 19.4. The number of aliphatic hydroxyl groups is 1. The van der Waals surface area contributed by atoms with Crippen molar-refractivity contribution >= 4 is 29.2 Å². The Morgan fingerprint density at radius 3 is 2.36 bits per heavy atom. The van der Waals surface area contributed by atoms with Crippen molar-refractivity contribution in [3.05, 3.63) is 53.6 Å². The Kier molecular flexibility index (Phi) is 10.8. The third-order valence-corrected chi connectivity index (χ3v) is 8.42. The van der Waals surface area contributed by atoms with Crippen LogP contribution in [0.15, 0.2) is 42.5 Å². The molecule has 1 aliphatic carbocycles. The minimum atomic E-state index is -4.48. The smallest absolute Gasteiger partial charge is 0.416 e. The van der Waals surface area contributed by atoms with E-state index in [0.717, 1.165) is 44.2 Å². The Balaban J connectivity index is 1.53. The van der Waals surface area contributed by atoms with Crippen molar-refractivity contribution in [1.29, 1.82) is 0 Å². The van der Waals surface area contributed by atoms with E-state index in [0.29, 0.717) is 17.0 Å². The zero-order valence-corrected chi connectivity index (χ0v) is 25.3. The fourth-order valence-corrected chi connectivity index (χ4v) is 5.65. The van der Waals surface area contributed by atoms with Gasteiger partial charge in [-0.05, 0) is 62.2 Å². The molecule has 0 radical (unpaired) electrons. The summed E-state index contributed by atoms with van der Waals surface area (Å²) in [5.41, 5.74) is 0.528. The number of urea groups is 1. The first-order chi connectivity index (χ1) is 20.8. The number of alkyl halides is 3. The molecule has 2 aliphatic rings. The van der Waals surface area contributed by atoms with E-state index in [2.05, 4.69) is 10.6 Å². The van der Waals surface area contributed by atoms with Gasteiger partial charge in [0.05, 0.1) is 31.2 Å². The number of ether oxygens (including phenoxy) is 1. The van der Waals surface area contributed by atoms with E-state index in [9.17, 15) is 32.7 Å². The number of hydrogen-bond donors (Lipinski definition) is 3. The number of carbonyl (C=O) groups is 3. The lowest BCUT2D eigenvalue weighted by Crippen LogP contribution is -2.48. The van der Waals surface area contributed by atoms with E-state index in [-0.39, 0.29) is 55.5 Å². The molecule has 2 aromatic carbocycles. The summed E-state index contributed by atoms with van der Waals surface area (Å²) < 4.78 is 45.2. The highest BCUT2D eigenvalue weighted by Crippen LogP contribution is 2.32. The maximum atomic E-state index is 13.5. The second-order valence-corrected chi connectivity index (χ2v) is 11.9. The summed E-state index contributed by atoms with van der Waals surface area (Å²) in [5.74, 6) is -0.107. The zero-order valence-electron chi connectivity index (χ0n) is 25.3. The third kappa shape index (κ3) is 8.43. The highest BCUT2D eigenvalue weighted by molar-refractivity contribution is 5.93. The largest absolute Gasteiger partial charge is 0.488 e. The number of aliphatic hydroxyl groups excluding tert-OH is 1. The lowest BCUT2D eigenvalue weighted by Gasteiger charge is -2.34. The lowest BCUT2D eigenvalue weighted by molar-refractivity contribution is -0.137. The van der Waals surface area contributed by atoms with E-state index in [1.807, 2.05) is 6.92 Å². The molecule has 240 valence electrons. The lowest BCUT2D eigenvalue weighted by atomic mass is 9.88. The van der Waals surface area contributed by atoms with Crippen LogP contribution in [0.5, 0.6) is 5.75 Å². The predicted molar refractivity (Wildman–Crippen MR) is 160 cm³/mol. The van der Waals surface area contributed by atoms with Gasteiger partial charge in [-0.2, -0.15) is 13.2 Å². The number of amides is 4. The fourth-order valence-electron chi connectivity index (χ4n) is 5.65. The Bertz CT molecular complexity index is 1310. The Hall–Kier alpha value is -3.80. The molecule has 0 aromatic heterocycles. The normalized spacial score (nSPS) is 20.3. The van der Waals surface area contributed by atoms with Crippen molar-refractivity contribution in [2.45, 2.75) is 70.7 Å². The van der Waals surface area contributed by atoms with Crippen LogP contribution in [-0.4, -0.2) is 71.6 Å². The molecule has 9 nitrogen and oxygen atoms in total. The van der Waals surface area contributed by atoms with Gasteiger partial charge in [-0.3, -0.25) is 9.59 Å². The van der Waals surface area contributed by atoms with Gasteiger partial charge in [0.15, 0.2) is 0 Å². The Morgan fingerprint density at radius 2 is 1.73 bits per heavy atom. The van der Waals surface area contributed by atoms with Crippen LogP contribution >= 0.6 is 0 Å². The first kappa shape index (κ1) is 33.1. The molecule has 1 saturated carbocycles. The van der Waals surface area contributed by atoms with Crippen molar-refractivity contribution in [3.8, 4) is 5.75 Å². The molecule has 2 aromatic rings. The zero-order chi connectivity index (χ0) is 32.0. The van der Waals surface area contributed by atoms with Crippen LogP contribution in [0.4, 0.5) is 29.3 Å². The van der Waals surface area contributed by atoms with E-state index in [1.54, 1.807) is 37.1 Å². The topological polar surface area (TPSA) is 111 Å². The number of likely N-dealkylation sites (N-methyl/N-ethyl adjacent to an activating group) is 1. The maximum absolute atomic E-state index is 13.5. The SMILES string of the molecule is C[C@@H]1CN([C@@H](C)CO)C(=O)Cc2cc(NC(=O)C3CCCCC3)ccc2O[C@H]1CN(C)C(=O)Nc1ccc(C(F)(F)F)cc1. The first-order valence-corrected chi connectivity index (χ1v) is 15.1. The number of carbonyl (C=O) groups excluding carboxylic acids is 3. The number of hydrogen-bond acceptors (Lipinski definition) is 5. The van der Waals surface area contributed by atoms with Crippen LogP contribution in [0.2, 0.25) is 0 Å². The molecule has 44 heavy (non-hydrogen) atoms. The Morgan fingerprint density at radius 1 is 1.07 bits per heavy atom. The molecule has 0 unspecified atom stereocenters. The Labute approximate surface area is 255 Å². The van der Waals surface area contributed by atoms with Crippen molar-refractivity contribution in [2.75, 3.05) is 37.4 Å². The maximum Gasteiger partial charge on any atom is 0.416 e. The molecule has 1 heterocycles. The molecular formula is C32H41F3N4O5. The van der Waals surface area contributed by atoms with Gasteiger partial charge in [0.1, 0.15) is 11.9 Å². The average Bonchev–Trinajstić information content (AvgIpc) is 3.04. The van der Waals surface area contributed by atoms with Crippen LogP contribution in [0.25, 0.3) is 0 Å². The molecule has 1 fully saturated rings. The number of nitrogens with zero attached hydrogens (tertiary/aromatic N) is 2. The summed E-state index contributed by atoms with van der Waals surface area (Å²) in [6.07, 6.45) is -0.173. The van der Waals surface area contributed by atoms with Gasteiger partial charge in [-0.1, -0.05) is 26.2 Å². The van der Waals surface area contributed by atoms with Crippen LogP contribution in [0.1, 0.15) is 57.1 Å². The number of rotatable bonds is 7. The van der Waals surface area contributed by atoms with Crippen LogP contribution < -0.4 is 15.4 Å². The van der Waals surface area contributed by atoms with E-state index < -0.39 is 29.9 Å². The minimum absolute atomic E-state index is 0.00347. The number of halogens is 3. The summed E-state index contributed by atoms with van der Waals surface area (Å²) in [5, 5.41) is 15.5. The minimum Gasteiger partial charge on any atom is -0.488 e. The predicted octanol–water partition coefficient (Wildman–Crippen LogP) is 5.54. The van der Waals surface area contributed by atoms with Gasteiger partial charge in [-0.15, -0.1) is 0 Å². The quantitative estimate of drug-likeness (QED) is 0.378. The molecular weight excluding hydrogens is 577 g/mol. The van der Waals surface area contributed by atoms with E-state index in [1.165, 1.54) is 17.0 Å². The molecule has 3 N–H and O–H groups in total. The van der Waals surface area contributed by atoms with Crippen molar-refractivity contribution in [2.24, 2.45) is 11.8 Å².